The quantitative estimate of drug-likeness (QED) is 0.381. The van der Waals surface area contributed by atoms with Crippen molar-refractivity contribution in [2.45, 2.75) is 18.9 Å². The van der Waals surface area contributed by atoms with Gasteiger partial charge < -0.3 is 16.4 Å². The second kappa shape index (κ2) is 4.06. The van der Waals surface area contributed by atoms with Gasteiger partial charge in [0, 0.05) is 32.2 Å². The summed E-state index contributed by atoms with van der Waals surface area (Å²) in [5.74, 6) is 0.148. The lowest BCUT2D eigenvalue weighted by Crippen LogP contribution is -2.49. The first kappa shape index (κ1) is 10.2. The smallest absolute Gasteiger partial charge is 0.221 e. The number of rotatable bonds is 1. The fourth-order valence-electron chi connectivity index (χ4n) is 1.93. The Balaban J connectivity index is 1.81. The van der Waals surface area contributed by atoms with Crippen molar-refractivity contribution in [3.8, 4) is 0 Å². The summed E-state index contributed by atoms with van der Waals surface area (Å²) in [6, 6.07) is 0.810. The molecule has 5 N–H and O–H groups in total. The van der Waals surface area contributed by atoms with Gasteiger partial charge in [0.05, 0.1) is 0 Å². The van der Waals surface area contributed by atoms with Gasteiger partial charge in [0.2, 0.25) is 5.96 Å². The molecule has 84 valence electrons. The molecular formula is C9H18N6. The van der Waals surface area contributed by atoms with Gasteiger partial charge in [-0.1, -0.05) is 0 Å². The summed E-state index contributed by atoms with van der Waals surface area (Å²) in [5, 5.41) is 7.66. The van der Waals surface area contributed by atoms with Crippen LogP contribution >= 0.6 is 0 Å². The largest absolute Gasteiger partial charge is 0.370 e. The van der Waals surface area contributed by atoms with Crippen molar-refractivity contribution in [3.05, 3.63) is 0 Å². The predicted octanol–water partition coefficient (Wildman–Crippen LogP) is -1.03. The van der Waals surface area contributed by atoms with Crippen LogP contribution in [0.4, 0.5) is 0 Å². The number of hydrogen-bond acceptors (Lipinski definition) is 2. The Morgan fingerprint density at radius 1 is 1.13 bits per heavy atom. The number of nitrogens with one attached hydrogen (secondary N) is 1. The predicted molar refractivity (Wildman–Crippen MR) is 59.7 cm³/mol. The molecule has 6 heteroatoms. The van der Waals surface area contributed by atoms with Crippen LogP contribution in [0, 0.1) is 5.41 Å². The summed E-state index contributed by atoms with van der Waals surface area (Å²) in [7, 11) is 0. The second-order valence-corrected chi connectivity index (χ2v) is 4.11. The van der Waals surface area contributed by atoms with Gasteiger partial charge in [0.1, 0.15) is 0 Å². The van der Waals surface area contributed by atoms with E-state index in [1.54, 1.807) is 0 Å². The molecule has 1 heterocycles. The zero-order chi connectivity index (χ0) is 10.8. The lowest BCUT2D eigenvalue weighted by molar-refractivity contribution is 0.173. The molecule has 1 saturated heterocycles. The molecule has 0 bridgehead atoms. The van der Waals surface area contributed by atoms with Gasteiger partial charge >= 0.3 is 0 Å². The molecule has 0 aromatic carbocycles. The van der Waals surface area contributed by atoms with Gasteiger partial charge in [0.25, 0.3) is 0 Å². The Hall–Kier alpha value is -1.30. The second-order valence-electron chi connectivity index (χ2n) is 4.11. The highest BCUT2D eigenvalue weighted by Crippen LogP contribution is 2.27. The summed E-state index contributed by atoms with van der Waals surface area (Å²) in [4.78, 5) is 8.15. The van der Waals surface area contributed by atoms with Crippen molar-refractivity contribution < 1.29 is 0 Å². The minimum absolute atomic E-state index is 0.0374. The number of nitrogens with two attached hydrogens (primary N) is 2. The standard InChI is InChI=1S/C9H18N6/c10-8(11)13-9(12)15-5-3-14(4-6-15)7-1-2-7/h7H,1-6H2,(H5,10,11,12,13). The molecule has 0 radical (unpaired) electrons. The lowest BCUT2D eigenvalue weighted by atomic mass is 10.3. The van der Waals surface area contributed by atoms with E-state index in [0.717, 1.165) is 32.2 Å². The maximum atomic E-state index is 7.66. The summed E-state index contributed by atoms with van der Waals surface area (Å²) in [6.45, 7) is 3.75. The van der Waals surface area contributed by atoms with E-state index >= 15 is 0 Å². The highest BCUT2D eigenvalue weighted by atomic mass is 15.3. The summed E-state index contributed by atoms with van der Waals surface area (Å²) in [5.41, 5.74) is 10.5. The zero-order valence-electron chi connectivity index (χ0n) is 8.82. The molecule has 0 aromatic heterocycles. The third kappa shape index (κ3) is 2.59. The van der Waals surface area contributed by atoms with Crippen molar-refractivity contribution >= 4 is 11.9 Å². The van der Waals surface area contributed by atoms with E-state index in [9.17, 15) is 0 Å². The van der Waals surface area contributed by atoms with Crippen LogP contribution in [-0.2, 0) is 0 Å². The Morgan fingerprint density at radius 3 is 2.20 bits per heavy atom. The van der Waals surface area contributed by atoms with E-state index in [1.807, 2.05) is 4.90 Å². The van der Waals surface area contributed by atoms with Crippen molar-refractivity contribution in [2.75, 3.05) is 26.2 Å². The molecular weight excluding hydrogens is 192 g/mol. The zero-order valence-corrected chi connectivity index (χ0v) is 8.82. The van der Waals surface area contributed by atoms with Crippen molar-refractivity contribution in [2.24, 2.45) is 16.5 Å². The van der Waals surface area contributed by atoms with Gasteiger partial charge in [0.15, 0.2) is 5.96 Å². The summed E-state index contributed by atoms with van der Waals surface area (Å²) in [6.07, 6.45) is 2.68. The molecule has 1 saturated carbocycles. The molecule has 2 fully saturated rings. The molecule has 2 aliphatic rings. The minimum atomic E-state index is -0.0374. The molecule has 0 unspecified atom stereocenters. The van der Waals surface area contributed by atoms with E-state index in [0.29, 0.717) is 0 Å². The Kier molecular flexibility index (Phi) is 2.77. The maximum absolute atomic E-state index is 7.66. The third-order valence-electron chi connectivity index (χ3n) is 2.91. The average Bonchev–Trinajstić information content (AvgIpc) is 3.00. The van der Waals surface area contributed by atoms with E-state index in [1.165, 1.54) is 12.8 Å². The molecule has 15 heavy (non-hydrogen) atoms. The monoisotopic (exact) mass is 210 g/mol. The SMILES string of the molecule is N=C(N=C(N)N)N1CCN(C2CC2)CC1. The Labute approximate surface area is 89.4 Å². The number of aliphatic imine (C=N–C) groups is 1. The molecule has 6 nitrogen and oxygen atoms in total. The van der Waals surface area contributed by atoms with Crippen molar-refractivity contribution in [1.29, 1.82) is 5.41 Å². The fraction of sp³-hybridized carbons (Fsp3) is 0.778. The fourth-order valence-corrected chi connectivity index (χ4v) is 1.93. The summed E-state index contributed by atoms with van der Waals surface area (Å²) >= 11 is 0. The maximum Gasteiger partial charge on any atom is 0.221 e. The van der Waals surface area contributed by atoms with E-state index < -0.39 is 0 Å². The molecule has 2 rings (SSSR count). The van der Waals surface area contributed by atoms with Gasteiger partial charge in [-0.05, 0) is 12.8 Å². The first-order valence-electron chi connectivity index (χ1n) is 5.34. The Bertz CT molecular complexity index is 270. The van der Waals surface area contributed by atoms with Crippen LogP contribution in [0.3, 0.4) is 0 Å². The van der Waals surface area contributed by atoms with Crippen molar-refractivity contribution in [1.82, 2.24) is 9.80 Å². The highest BCUT2D eigenvalue weighted by molar-refractivity contribution is 5.91. The van der Waals surface area contributed by atoms with Gasteiger partial charge in [-0.2, -0.15) is 4.99 Å². The number of hydrogen-bond donors (Lipinski definition) is 3. The number of piperazine rings is 1. The lowest BCUT2D eigenvalue weighted by Gasteiger charge is -2.34. The molecule has 0 spiro atoms. The topological polar surface area (TPSA) is 94.7 Å². The molecule has 0 amide bonds. The van der Waals surface area contributed by atoms with Gasteiger partial charge in [-0.3, -0.25) is 10.3 Å². The number of guanidine groups is 2. The van der Waals surface area contributed by atoms with Crippen LogP contribution in [0.2, 0.25) is 0 Å². The van der Waals surface area contributed by atoms with Crippen molar-refractivity contribution in [3.63, 3.8) is 0 Å². The van der Waals surface area contributed by atoms with Crippen LogP contribution in [0.5, 0.6) is 0 Å². The van der Waals surface area contributed by atoms with Crippen LogP contribution in [0.25, 0.3) is 0 Å². The first-order chi connectivity index (χ1) is 7.16. The summed E-state index contributed by atoms with van der Waals surface area (Å²) < 4.78 is 0. The van der Waals surface area contributed by atoms with Gasteiger partial charge in [-0.15, -0.1) is 0 Å². The van der Waals surface area contributed by atoms with E-state index in [4.69, 9.17) is 16.9 Å². The van der Waals surface area contributed by atoms with Crippen LogP contribution in [-0.4, -0.2) is 53.9 Å². The first-order valence-corrected chi connectivity index (χ1v) is 5.34. The third-order valence-corrected chi connectivity index (χ3v) is 2.91. The highest BCUT2D eigenvalue weighted by Gasteiger charge is 2.31. The molecule has 0 atom stereocenters. The van der Waals surface area contributed by atoms with Crippen LogP contribution < -0.4 is 11.5 Å². The van der Waals surface area contributed by atoms with Crippen LogP contribution in [0.15, 0.2) is 4.99 Å². The number of nitrogens with zero attached hydrogens (tertiary/aromatic N) is 3. The van der Waals surface area contributed by atoms with Gasteiger partial charge in [-0.25, -0.2) is 0 Å². The average molecular weight is 210 g/mol. The minimum Gasteiger partial charge on any atom is -0.370 e. The van der Waals surface area contributed by atoms with E-state index in [-0.39, 0.29) is 11.9 Å². The molecule has 1 aliphatic heterocycles. The van der Waals surface area contributed by atoms with Crippen LogP contribution in [0.1, 0.15) is 12.8 Å². The molecule has 0 aromatic rings. The molecule has 1 aliphatic carbocycles. The Morgan fingerprint density at radius 2 is 1.73 bits per heavy atom. The van der Waals surface area contributed by atoms with E-state index in [2.05, 4.69) is 9.89 Å². The normalized spacial score (nSPS) is 22.5.